The van der Waals surface area contributed by atoms with Crippen LogP contribution in [0.1, 0.15) is 57.1 Å². The van der Waals surface area contributed by atoms with Crippen molar-refractivity contribution < 1.29 is 4.79 Å². The van der Waals surface area contributed by atoms with Gasteiger partial charge >= 0.3 is 0 Å². The number of aryl methyl sites for hydroxylation is 4. The first-order valence-electron chi connectivity index (χ1n) is 10.7. The van der Waals surface area contributed by atoms with Crippen molar-refractivity contribution in [1.29, 1.82) is 0 Å². The Morgan fingerprint density at radius 2 is 1.68 bits per heavy atom. The van der Waals surface area contributed by atoms with Crippen LogP contribution in [0.25, 0.3) is 5.69 Å². The van der Waals surface area contributed by atoms with Crippen molar-refractivity contribution in [2.24, 2.45) is 0 Å². The zero-order valence-corrected chi connectivity index (χ0v) is 19.5. The highest BCUT2D eigenvalue weighted by molar-refractivity contribution is 6.05. The molecular formula is C25H31ClN4O. The fourth-order valence-corrected chi connectivity index (χ4v) is 4.32. The highest BCUT2D eigenvalue weighted by atomic mass is 35.5. The quantitative estimate of drug-likeness (QED) is 0.585. The van der Waals surface area contributed by atoms with Crippen LogP contribution in [-0.2, 0) is 0 Å². The maximum atomic E-state index is 13.3. The van der Waals surface area contributed by atoms with E-state index in [1.807, 2.05) is 30.7 Å². The first-order chi connectivity index (χ1) is 14.4. The van der Waals surface area contributed by atoms with E-state index in [2.05, 4.69) is 48.7 Å². The van der Waals surface area contributed by atoms with Crippen LogP contribution in [0, 0.1) is 27.7 Å². The molecule has 0 spiro atoms. The Kier molecular flexibility index (Phi) is 7.19. The number of piperidine rings is 1. The van der Waals surface area contributed by atoms with Crippen LogP contribution in [0.4, 0.5) is 5.69 Å². The van der Waals surface area contributed by atoms with E-state index in [4.69, 9.17) is 5.10 Å². The number of amides is 1. The predicted octanol–water partition coefficient (Wildman–Crippen LogP) is 5.25. The summed E-state index contributed by atoms with van der Waals surface area (Å²) in [6.45, 7) is 10.2. The molecule has 0 atom stereocenters. The van der Waals surface area contributed by atoms with Crippen molar-refractivity contribution in [3.8, 4) is 5.69 Å². The minimum atomic E-state index is -0.0896. The Bertz CT molecular complexity index is 1080. The summed E-state index contributed by atoms with van der Waals surface area (Å²) in [7, 11) is 0. The topological polar surface area (TPSA) is 59.0 Å². The van der Waals surface area contributed by atoms with E-state index in [0.717, 1.165) is 59.7 Å². The van der Waals surface area contributed by atoms with Gasteiger partial charge in [-0.05, 0) is 82.4 Å². The van der Waals surface area contributed by atoms with Crippen molar-refractivity contribution in [3.63, 3.8) is 0 Å². The largest absolute Gasteiger partial charge is 0.322 e. The number of nitrogens with one attached hydrogen (secondary N) is 2. The molecule has 31 heavy (non-hydrogen) atoms. The van der Waals surface area contributed by atoms with E-state index < -0.39 is 0 Å². The molecule has 1 fully saturated rings. The molecule has 0 unspecified atom stereocenters. The van der Waals surface area contributed by atoms with Gasteiger partial charge in [-0.15, -0.1) is 12.4 Å². The average molecular weight is 439 g/mol. The molecule has 1 amide bonds. The Labute approximate surface area is 190 Å². The predicted molar refractivity (Wildman–Crippen MR) is 129 cm³/mol. The number of hydrogen-bond acceptors (Lipinski definition) is 3. The maximum Gasteiger partial charge on any atom is 0.259 e. The van der Waals surface area contributed by atoms with E-state index in [0.29, 0.717) is 11.5 Å². The molecule has 1 aromatic heterocycles. The van der Waals surface area contributed by atoms with Gasteiger partial charge in [0.05, 0.1) is 23.1 Å². The van der Waals surface area contributed by atoms with Gasteiger partial charge in [0.15, 0.2) is 0 Å². The van der Waals surface area contributed by atoms with Crippen LogP contribution in [0.2, 0.25) is 0 Å². The Morgan fingerprint density at radius 1 is 1.00 bits per heavy atom. The van der Waals surface area contributed by atoms with Crippen LogP contribution in [-0.4, -0.2) is 28.8 Å². The third kappa shape index (κ3) is 4.83. The molecule has 0 saturated carbocycles. The summed E-state index contributed by atoms with van der Waals surface area (Å²) in [4.78, 5) is 13.3. The minimum Gasteiger partial charge on any atom is -0.322 e. The number of hydrogen-bond donors (Lipinski definition) is 2. The molecule has 164 valence electrons. The molecule has 2 aromatic carbocycles. The molecule has 2 N–H and O–H groups in total. The lowest BCUT2D eigenvalue weighted by Crippen LogP contribution is -2.29. The van der Waals surface area contributed by atoms with Crippen molar-refractivity contribution >= 4 is 24.0 Å². The van der Waals surface area contributed by atoms with E-state index in [-0.39, 0.29) is 18.3 Å². The second-order valence-electron chi connectivity index (χ2n) is 8.44. The standard InChI is InChI=1S/C25H30N4O.ClH/c1-16-6-8-23(19(4)13-16)29-24(20-9-11-26-12-10-20)21(15-27-29)25(30)28-22-14-17(2)5-7-18(22)3;/h5-8,13-15,20,26H,9-12H2,1-4H3,(H,28,30);1H. The number of carbonyl (C=O) groups is 1. The molecule has 1 aliphatic rings. The smallest absolute Gasteiger partial charge is 0.259 e. The van der Waals surface area contributed by atoms with Crippen molar-refractivity contribution in [2.75, 3.05) is 18.4 Å². The molecule has 6 heteroatoms. The van der Waals surface area contributed by atoms with Gasteiger partial charge in [-0.25, -0.2) is 4.68 Å². The third-order valence-electron chi connectivity index (χ3n) is 6.00. The monoisotopic (exact) mass is 438 g/mol. The number of benzene rings is 2. The van der Waals surface area contributed by atoms with Gasteiger partial charge in [-0.1, -0.05) is 29.8 Å². The van der Waals surface area contributed by atoms with Gasteiger partial charge in [-0.3, -0.25) is 4.79 Å². The summed E-state index contributed by atoms with van der Waals surface area (Å²) in [5, 5.41) is 11.2. The SMILES string of the molecule is Cc1ccc(-n2ncc(C(=O)Nc3cc(C)ccc3C)c2C2CCNCC2)c(C)c1.Cl. The molecule has 0 aliphatic carbocycles. The zero-order chi connectivity index (χ0) is 21.3. The molecule has 0 bridgehead atoms. The van der Waals surface area contributed by atoms with Crippen LogP contribution < -0.4 is 10.6 Å². The summed E-state index contributed by atoms with van der Waals surface area (Å²) in [5.74, 6) is 0.210. The van der Waals surface area contributed by atoms with Crippen molar-refractivity contribution in [1.82, 2.24) is 15.1 Å². The summed E-state index contributed by atoms with van der Waals surface area (Å²) >= 11 is 0. The molecule has 2 heterocycles. The zero-order valence-electron chi connectivity index (χ0n) is 18.7. The van der Waals surface area contributed by atoms with Gasteiger partial charge in [0.25, 0.3) is 5.91 Å². The Balaban J connectivity index is 0.00000272. The lowest BCUT2D eigenvalue weighted by atomic mass is 9.91. The van der Waals surface area contributed by atoms with Crippen LogP contribution in [0.3, 0.4) is 0 Å². The third-order valence-corrected chi connectivity index (χ3v) is 6.00. The fraction of sp³-hybridized carbons (Fsp3) is 0.360. The molecule has 0 radical (unpaired) electrons. The fourth-order valence-electron chi connectivity index (χ4n) is 4.32. The summed E-state index contributed by atoms with van der Waals surface area (Å²) in [6, 6.07) is 12.5. The number of aromatic nitrogens is 2. The summed E-state index contributed by atoms with van der Waals surface area (Å²) < 4.78 is 1.99. The van der Waals surface area contributed by atoms with Gasteiger partial charge < -0.3 is 10.6 Å². The molecule has 1 aliphatic heterocycles. The van der Waals surface area contributed by atoms with E-state index in [1.54, 1.807) is 6.20 Å². The lowest BCUT2D eigenvalue weighted by Gasteiger charge is -2.25. The van der Waals surface area contributed by atoms with E-state index >= 15 is 0 Å². The van der Waals surface area contributed by atoms with Gasteiger partial charge in [0, 0.05) is 11.6 Å². The summed E-state index contributed by atoms with van der Waals surface area (Å²) in [6.07, 6.45) is 3.73. The number of anilines is 1. The maximum absolute atomic E-state index is 13.3. The van der Waals surface area contributed by atoms with Crippen molar-refractivity contribution in [3.05, 3.63) is 76.1 Å². The highest BCUT2D eigenvalue weighted by Gasteiger charge is 2.27. The molecule has 3 aromatic rings. The number of halogens is 1. The molecule has 1 saturated heterocycles. The Morgan fingerprint density at radius 3 is 2.39 bits per heavy atom. The Hall–Kier alpha value is -2.63. The first-order valence-corrected chi connectivity index (χ1v) is 10.7. The van der Waals surface area contributed by atoms with E-state index in [9.17, 15) is 4.79 Å². The second-order valence-corrected chi connectivity index (χ2v) is 8.44. The average Bonchev–Trinajstić information content (AvgIpc) is 3.16. The van der Waals surface area contributed by atoms with Crippen LogP contribution >= 0.6 is 12.4 Å². The van der Waals surface area contributed by atoms with Gasteiger partial charge in [-0.2, -0.15) is 5.10 Å². The van der Waals surface area contributed by atoms with Crippen molar-refractivity contribution in [2.45, 2.75) is 46.5 Å². The first kappa shape index (κ1) is 23.0. The molecule has 5 nitrogen and oxygen atoms in total. The normalized spacial score (nSPS) is 14.2. The number of nitrogens with zero attached hydrogens (tertiary/aromatic N) is 2. The number of carbonyl (C=O) groups excluding carboxylic acids is 1. The number of rotatable bonds is 4. The van der Waals surface area contributed by atoms with Crippen LogP contribution in [0.15, 0.2) is 42.6 Å². The lowest BCUT2D eigenvalue weighted by molar-refractivity contribution is 0.102. The van der Waals surface area contributed by atoms with Gasteiger partial charge in [0.2, 0.25) is 0 Å². The van der Waals surface area contributed by atoms with Crippen LogP contribution in [0.5, 0.6) is 0 Å². The minimum absolute atomic E-state index is 0. The molecular weight excluding hydrogens is 408 g/mol. The second kappa shape index (κ2) is 9.67. The van der Waals surface area contributed by atoms with E-state index in [1.165, 1.54) is 5.56 Å². The highest BCUT2D eigenvalue weighted by Crippen LogP contribution is 2.32. The van der Waals surface area contributed by atoms with Gasteiger partial charge in [0.1, 0.15) is 0 Å². The molecule has 4 rings (SSSR count). The summed E-state index contributed by atoms with van der Waals surface area (Å²) in [5.41, 5.74) is 8.15.